The summed E-state index contributed by atoms with van der Waals surface area (Å²) in [5.74, 6) is 2.27. The van der Waals surface area contributed by atoms with Gasteiger partial charge in [-0.15, -0.1) is 6.42 Å². The highest BCUT2D eigenvalue weighted by molar-refractivity contribution is 4.88. The number of hydrogen-bond donors (Lipinski definition) is 6. The van der Waals surface area contributed by atoms with Gasteiger partial charge in [-0.2, -0.15) is 0 Å². The Labute approximate surface area is 88.2 Å². The standard InChI is InChI=1S/C9H17NO5/c1-2-3-10-4-6(12)8(14)9(15)7(13)5-11/h1,6-15H,3-5H2/t6-,7+,8+,9+/m0/s1. The van der Waals surface area contributed by atoms with Crippen molar-refractivity contribution < 1.29 is 25.5 Å². The lowest BCUT2D eigenvalue weighted by molar-refractivity contribution is -0.113. The maximum atomic E-state index is 9.33. The predicted octanol–water partition coefficient (Wildman–Crippen LogP) is -3.35. The van der Waals surface area contributed by atoms with E-state index in [9.17, 15) is 15.3 Å². The molecule has 0 aliphatic heterocycles. The van der Waals surface area contributed by atoms with Gasteiger partial charge in [0.05, 0.1) is 19.3 Å². The van der Waals surface area contributed by atoms with Gasteiger partial charge in [0.25, 0.3) is 0 Å². The van der Waals surface area contributed by atoms with Crippen molar-refractivity contribution in [3.05, 3.63) is 0 Å². The molecule has 0 aromatic heterocycles. The van der Waals surface area contributed by atoms with Crippen LogP contribution in [0.5, 0.6) is 0 Å². The molecule has 0 rings (SSSR count). The molecular formula is C9H17NO5. The van der Waals surface area contributed by atoms with Gasteiger partial charge in [-0.3, -0.25) is 0 Å². The molecule has 88 valence electrons. The fraction of sp³-hybridized carbons (Fsp3) is 0.778. The zero-order valence-electron chi connectivity index (χ0n) is 8.24. The van der Waals surface area contributed by atoms with Crippen molar-refractivity contribution in [3.8, 4) is 12.3 Å². The fourth-order valence-corrected chi connectivity index (χ4v) is 0.976. The molecule has 6 nitrogen and oxygen atoms in total. The van der Waals surface area contributed by atoms with E-state index in [1.165, 1.54) is 0 Å². The van der Waals surface area contributed by atoms with Crippen LogP contribution in [0.1, 0.15) is 0 Å². The van der Waals surface area contributed by atoms with Gasteiger partial charge in [0, 0.05) is 6.54 Å². The molecule has 0 aliphatic carbocycles. The molecule has 0 radical (unpaired) electrons. The second-order valence-corrected chi connectivity index (χ2v) is 3.13. The summed E-state index contributed by atoms with van der Waals surface area (Å²) in [4.78, 5) is 0. The summed E-state index contributed by atoms with van der Waals surface area (Å²) < 4.78 is 0. The highest BCUT2D eigenvalue weighted by Crippen LogP contribution is 2.04. The monoisotopic (exact) mass is 219 g/mol. The maximum Gasteiger partial charge on any atom is 0.111 e. The second kappa shape index (κ2) is 7.59. The van der Waals surface area contributed by atoms with Crippen LogP contribution in [0.15, 0.2) is 0 Å². The summed E-state index contributed by atoms with van der Waals surface area (Å²) in [7, 11) is 0. The minimum atomic E-state index is -1.60. The van der Waals surface area contributed by atoms with E-state index in [-0.39, 0.29) is 13.1 Å². The average Bonchev–Trinajstić information content (AvgIpc) is 2.26. The number of nitrogens with one attached hydrogen (secondary N) is 1. The Morgan fingerprint density at radius 2 is 1.60 bits per heavy atom. The molecule has 0 aromatic rings. The van der Waals surface area contributed by atoms with E-state index < -0.39 is 31.0 Å². The largest absolute Gasteiger partial charge is 0.394 e. The Morgan fingerprint density at radius 1 is 1.07 bits per heavy atom. The predicted molar refractivity (Wildman–Crippen MR) is 52.8 cm³/mol. The maximum absolute atomic E-state index is 9.33. The Morgan fingerprint density at radius 3 is 2.07 bits per heavy atom. The third-order valence-electron chi connectivity index (χ3n) is 1.91. The number of rotatable bonds is 7. The van der Waals surface area contributed by atoms with Crippen LogP contribution >= 0.6 is 0 Å². The summed E-state index contributed by atoms with van der Waals surface area (Å²) in [6.45, 7) is -0.480. The molecule has 6 N–H and O–H groups in total. The van der Waals surface area contributed by atoms with Crippen LogP contribution < -0.4 is 5.32 Å². The summed E-state index contributed by atoms with van der Waals surface area (Å²) in [5.41, 5.74) is 0. The van der Waals surface area contributed by atoms with Gasteiger partial charge in [-0.05, 0) is 0 Å². The molecule has 4 atom stereocenters. The number of aliphatic hydroxyl groups excluding tert-OH is 5. The highest BCUT2D eigenvalue weighted by Gasteiger charge is 2.29. The first-order valence-electron chi connectivity index (χ1n) is 4.51. The molecule has 0 fully saturated rings. The van der Waals surface area contributed by atoms with E-state index in [1.807, 2.05) is 0 Å². The zero-order valence-corrected chi connectivity index (χ0v) is 8.24. The summed E-state index contributed by atoms with van der Waals surface area (Å²) in [6.07, 6.45) is -0.955. The molecule has 0 spiro atoms. The lowest BCUT2D eigenvalue weighted by Gasteiger charge is -2.25. The van der Waals surface area contributed by atoms with Gasteiger partial charge < -0.3 is 30.8 Å². The third-order valence-corrected chi connectivity index (χ3v) is 1.91. The van der Waals surface area contributed by atoms with Crippen LogP contribution in [0.3, 0.4) is 0 Å². The topological polar surface area (TPSA) is 113 Å². The van der Waals surface area contributed by atoms with Crippen LogP contribution in [0.25, 0.3) is 0 Å². The van der Waals surface area contributed by atoms with Gasteiger partial charge >= 0.3 is 0 Å². The highest BCUT2D eigenvalue weighted by atomic mass is 16.4. The number of terminal acetylenes is 1. The van der Waals surface area contributed by atoms with Gasteiger partial charge in [0.15, 0.2) is 0 Å². The molecule has 0 unspecified atom stereocenters. The Hall–Kier alpha value is -0.680. The quantitative estimate of drug-likeness (QED) is 0.197. The Kier molecular flexibility index (Phi) is 7.25. The average molecular weight is 219 g/mol. The first-order valence-corrected chi connectivity index (χ1v) is 4.51. The SMILES string of the molecule is C#CCNC[C@H](O)[C@@H](O)[C@H](O)[C@H](O)CO. The van der Waals surface area contributed by atoms with E-state index in [2.05, 4.69) is 11.2 Å². The van der Waals surface area contributed by atoms with Gasteiger partial charge in [-0.25, -0.2) is 0 Å². The normalized spacial score (nSPS) is 18.9. The summed E-state index contributed by atoms with van der Waals surface area (Å²) in [5, 5.41) is 48.0. The van der Waals surface area contributed by atoms with E-state index >= 15 is 0 Å². The molecule has 15 heavy (non-hydrogen) atoms. The van der Waals surface area contributed by atoms with Crippen molar-refractivity contribution in [3.63, 3.8) is 0 Å². The van der Waals surface area contributed by atoms with Crippen LogP contribution in [-0.2, 0) is 0 Å². The van der Waals surface area contributed by atoms with Gasteiger partial charge in [0.1, 0.15) is 18.3 Å². The van der Waals surface area contributed by atoms with Crippen molar-refractivity contribution in [2.45, 2.75) is 24.4 Å². The molecule has 0 saturated heterocycles. The zero-order chi connectivity index (χ0) is 11.8. The summed E-state index contributed by atoms with van der Waals surface area (Å²) in [6, 6.07) is 0. The lowest BCUT2D eigenvalue weighted by atomic mass is 10.0. The third kappa shape index (κ3) is 5.09. The lowest BCUT2D eigenvalue weighted by Crippen LogP contribution is -2.49. The van der Waals surface area contributed by atoms with Crippen LogP contribution in [0.4, 0.5) is 0 Å². The molecule has 0 amide bonds. The first-order chi connectivity index (χ1) is 7.04. The molecule has 0 heterocycles. The summed E-state index contributed by atoms with van der Waals surface area (Å²) >= 11 is 0. The van der Waals surface area contributed by atoms with Crippen molar-refractivity contribution in [1.29, 1.82) is 0 Å². The van der Waals surface area contributed by atoms with Crippen molar-refractivity contribution >= 4 is 0 Å². The second-order valence-electron chi connectivity index (χ2n) is 3.13. The van der Waals surface area contributed by atoms with E-state index in [1.54, 1.807) is 0 Å². The Bertz CT molecular complexity index is 205. The van der Waals surface area contributed by atoms with E-state index in [0.717, 1.165) is 0 Å². The molecule has 0 saturated carbocycles. The smallest absolute Gasteiger partial charge is 0.111 e. The van der Waals surface area contributed by atoms with Crippen molar-refractivity contribution in [1.82, 2.24) is 5.32 Å². The Balaban J connectivity index is 3.96. The molecule has 0 aromatic carbocycles. The number of hydrogen-bond acceptors (Lipinski definition) is 6. The van der Waals surface area contributed by atoms with Crippen molar-refractivity contribution in [2.75, 3.05) is 19.7 Å². The number of aliphatic hydroxyl groups is 5. The minimum Gasteiger partial charge on any atom is -0.394 e. The van der Waals surface area contributed by atoms with E-state index in [4.69, 9.17) is 16.6 Å². The van der Waals surface area contributed by atoms with Crippen LogP contribution in [-0.4, -0.2) is 69.6 Å². The van der Waals surface area contributed by atoms with Crippen LogP contribution in [0.2, 0.25) is 0 Å². The van der Waals surface area contributed by atoms with E-state index in [0.29, 0.717) is 0 Å². The molecular weight excluding hydrogens is 202 g/mol. The molecule has 6 heteroatoms. The van der Waals surface area contributed by atoms with Crippen molar-refractivity contribution in [2.24, 2.45) is 0 Å². The van der Waals surface area contributed by atoms with Gasteiger partial charge in [0.2, 0.25) is 0 Å². The first kappa shape index (κ1) is 14.3. The fourth-order valence-electron chi connectivity index (χ4n) is 0.976. The molecule has 0 bridgehead atoms. The molecule has 0 aliphatic rings. The minimum absolute atomic E-state index is 0.0133. The van der Waals surface area contributed by atoms with Gasteiger partial charge in [-0.1, -0.05) is 5.92 Å². The van der Waals surface area contributed by atoms with Crippen LogP contribution in [0, 0.1) is 12.3 Å².